The highest BCUT2D eigenvalue weighted by molar-refractivity contribution is 7.80. The second kappa shape index (κ2) is 7.99. The molecule has 0 unspecified atom stereocenters. The standard InChI is InChI=1S/C16H13F3N4O3S/c1-20-15(27)22-21-14(24)12-6-5-10(16(17,18)19)8-13(12)9-3-2-4-11(7-9)23(25)26/h2-8H,1H3,(H,21,24)(H2,20,22,27). The summed E-state index contributed by atoms with van der Waals surface area (Å²) in [4.78, 5) is 22.6. The summed E-state index contributed by atoms with van der Waals surface area (Å²) in [7, 11) is 1.51. The lowest BCUT2D eigenvalue weighted by molar-refractivity contribution is -0.384. The number of hydrogen-bond acceptors (Lipinski definition) is 4. The van der Waals surface area contributed by atoms with Crippen molar-refractivity contribution < 1.29 is 22.9 Å². The van der Waals surface area contributed by atoms with Crippen molar-refractivity contribution in [2.24, 2.45) is 0 Å². The minimum atomic E-state index is -4.64. The van der Waals surface area contributed by atoms with Crippen LogP contribution in [0.15, 0.2) is 42.5 Å². The lowest BCUT2D eigenvalue weighted by atomic mass is 9.96. The van der Waals surface area contributed by atoms with Crippen molar-refractivity contribution in [1.82, 2.24) is 16.2 Å². The molecular weight excluding hydrogens is 385 g/mol. The van der Waals surface area contributed by atoms with Gasteiger partial charge in [0.15, 0.2) is 5.11 Å². The van der Waals surface area contributed by atoms with E-state index in [1.54, 1.807) is 0 Å². The molecule has 0 aliphatic rings. The fraction of sp³-hybridized carbons (Fsp3) is 0.125. The van der Waals surface area contributed by atoms with E-state index in [2.05, 4.69) is 16.2 Å². The molecule has 2 rings (SSSR count). The van der Waals surface area contributed by atoms with E-state index in [1.807, 2.05) is 0 Å². The number of carbonyl (C=O) groups is 1. The number of nitrogens with one attached hydrogen (secondary N) is 3. The molecule has 0 saturated heterocycles. The molecule has 142 valence electrons. The minimum absolute atomic E-state index is 0.0900. The van der Waals surface area contributed by atoms with Gasteiger partial charge in [0, 0.05) is 24.7 Å². The number of hydrazine groups is 1. The van der Waals surface area contributed by atoms with Crippen LogP contribution in [-0.2, 0) is 6.18 Å². The third-order valence-corrected chi connectivity index (χ3v) is 3.78. The van der Waals surface area contributed by atoms with Gasteiger partial charge in [0.2, 0.25) is 0 Å². The molecule has 2 aromatic carbocycles. The van der Waals surface area contributed by atoms with E-state index < -0.39 is 22.6 Å². The zero-order valence-electron chi connectivity index (χ0n) is 13.8. The Morgan fingerprint density at radius 2 is 1.85 bits per heavy atom. The first-order valence-electron chi connectivity index (χ1n) is 7.37. The van der Waals surface area contributed by atoms with E-state index in [0.717, 1.165) is 24.3 Å². The quantitative estimate of drug-likeness (QED) is 0.418. The van der Waals surface area contributed by atoms with Crippen LogP contribution in [0.4, 0.5) is 18.9 Å². The molecule has 0 atom stereocenters. The summed E-state index contributed by atoms with van der Waals surface area (Å²) in [5, 5.41) is 13.6. The van der Waals surface area contributed by atoms with Crippen molar-refractivity contribution in [2.45, 2.75) is 6.18 Å². The Morgan fingerprint density at radius 3 is 2.44 bits per heavy atom. The van der Waals surface area contributed by atoms with Gasteiger partial charge in [-0.3, -0.25) is 25.8 Å². The van der Waals surface area contributed by atoms with E-state index in [4.69, 9.17) is 12.2 Å². The van der Waals surface area contributed by atoms with Crippen LogP contribution in [-0.4, -0.2) is 23.0 Å². The summed E-state index contributed by atoms with van der Waals surface area (Å²) < 4.78 is 39.2. The van der Waals surface area contributed by atoms with Crippen LogP contribution in [0.3, 0.4) is 0 Å². The van der Waals surface area contributed by atoms with Gasteiger partial charge >= 0.3 is 6.18 Å². The first kappa shape index (κ1) is 20.1. The maximum Gasteiger partial charge on any atom is 0.416 e. The van der Waals surface area contributed by atoms with Crippen molar-refractivity contribution >= 4 is 28.9 Å². The van der Waals surface area contributed by atoms with Crippen molar-refractivity contribution in [3.05, 3.63) is 63.7 Å². The van der Waals surface area contributed by atoms with Gasteiger partial charge in [0.25, 0.3) is 11.6 Å². The number of thiocarbonyl (C=S) groups is 1. The number of nitrogens with zero attached hydrogens (tertiary/aromatic N) is 1. The zero-order valence-corrected chi connectivity index (χ0v) is 14.6. The maximum absolute atomic E-state index is 13.1. The molecule has 3 N–H and O–H groups in total. The zero-order chi connectivity index (χ0) is 20.2. The smallest absolute Gasteiger partial charge is 0.364 e. The average molecular weight is 398 g/mol. The Balaban J connectivity index is 2.54. The molecule has 0 aliphatic heterocycles. The molecule has 0 heterocycles. The molecule has 0 bridgehead atoms. The van der Waals surface area contributed by atoms with Gasteiger partial charge in [-0.25, -0.2) is 0 Å². The molecule has 2 aromatic rings. The van der Waals surface area contributed by atoms with Crippen molar-refractivity contribution in [1.29, 1.82) is 0 Å². The minimum Gasteiger partial charge on any atom is -0.364 e. The number of rotatable bonds is 3. The monoisotopic (exact) mass is 398 g/mol. The molecule has 11 heteroatoms. The van der Waals surface area contributed by atoms with Gasteiger partial charge in [0.1, 0.15) is 0 Å². The summed E-state index contributed by atoms with van der Waals surface area (Å²) in [6, 6.07) is 7.52. The van der Waals surface area contributed by atoms with Crippen LogP contribution in [0.2, 0.25) is 0 Å². The number of nitro groups is 1. The molecule has 0 spiro atoms. The third kappa shape index (κ3) is 4.91. The topological polar surface area (TPSA) is 96.3 Å². The molecule has 27 heavy (non-hydrogen) atoms. The van der Waals surface area contributed by atoms with Gasteiger partial charge in [-0.1, -0.05) is 12.1 Å². The molecular formula is C16H13F3N4O3S. The van der Waals surface area contributed by atoms with Gasteiger partial charge < -0.3 is 5.32 Å². The number of halogens is 3. The molecule has 0 aliphatic carbocycles. The molecule has 0 aromatic heterocycles. The number of non-ortho nitro benzene ring substituents is 1. The van der Waals surface area contributed by atoms with E-state index in [1.165, 1.54) is 25.2 Å². The molecule has 0 radical (unpaired) electrons. The SMILES string of the molecule is CNC(=S)NNC(=O)c1ccc(C(F)(F)F)cc1-c1cccc([N+](=O)[O-])c1. The number of amides is 1. The van der Waals surface area contributed by atoms with E-state index in [-0.39, 0.29) is 27.5 Å². The summed E-state index contributed by atoms with van der Waals surface area (Å²) >= 11 is 4.80. The number of hydrogen-bond donors (Lipinski definition) is 3. The highest BCUT2D eigenvalue weighted by atomic mass is 32.1. The number of benzene rings is 2. The van der Waals surface area contributed by atoms with Gasteiger partial charge in [0.05, 0.1) is 10.5 Å². The van der Waals surface area contributed by atoms with E-state index in [0.29, 0.717) is 0 Å². The Morgan fingerprint density at radius 1 is 1.15 bits per heavy atom. The van der Waals surface area contributed by atoms with Crippen LogP contribution in [0.1, 0.15) is 15.9 Å². The Kier molecular flexibility index (Phi) is 5.95. The van der Waals surface area contributed by atoms with Crippen LogP contribution >= 0.6 is 12.2 Å². The van der Waals surface area contributed by atoms with Gasteiger partial charge in [-0.2, -0.15) is 13.2 Å². The molecule has 0 saturated carbocycles. The number of carbonyl (C=O) groups excluding carboxylic acids is 1. The summed E-state index contributed by atoms with van der Waals surface area (Å²) in [5.74, 6) is -0.761. The van der Waals surface area contributed by atoms with E-state index in [9.17, 15) is 28.1 Å². The van der Waals surface area contributed by atoms with Crippen LogP contribution in [0, 0.1) is 10.1 Å². The Labute approximate surface area is 156 Å². The molecule has 1 amide bonds. The summed E-state index contributed by atoms with van der Waals surface area (Å²) in [5.41, 5.74) is 3.19. The average Bonchev–Trinajstić information content (AvgIpc) is 2.64. The van der Waals surface area contributed by atoms with Gasteiger partial charge in [-0.15, -0.1) is 0 Å². The largest absolute Gasteiger partial charge is 0.416 e. The van der Waals surface area contributed by atoms with E-state index >= 15 is 0 Å². The second-order valence-corrected chi connectivity index (χ2v) is 5.63. The fourth-order valence-electron chi connectivity index (χ4n) is 2.19. The van der Waals surface area contributed by atoms with Crippen molar-refractivity contribution in [3.63, 3.8) is 0 Å². The predicted molar refractivity (Wildman–Crippen MR) is 95.8 cm³/mol. The summed E-state index contributed by atoms with van der Waals surface area (Å²) in [6.07, 6.45) is -4.64. The second-order valence-electron chi connectivity index (χ2n) is 5.22. The first-order chi connectivity index (χ1) is 12.6. The third-order valence-electron chi connectivity index (χ3n) is 3.48. The predicted octanol–water partition coefficient (Wildman–Crippen LogP) is 3.02. The lowest BCUT2D eigenvalue weighted by Gasteiger charge is -2.15. The van der Waals surface area contributed by atoms with Gasteiger partial charge in [-0.05, 0) is 41.5 Å². The molecule has 7 nitrogen and oxygen atoms in total. The Hall–Kier alpha value is -3.21. The van der Waals surface area contributed by atoms with Crippen LogP contribution < -0.4 is 16.2 Å². The highest BCUT2D eigenvalue weighted by Crippen LogP contribution is 2.35. The normalized spacial score (nSPS) is 10.8. The highest BCUT2D eigenvalue weighted by Gasteiger charge is 2.32. The summed E-state index contributed by atoms with van der Waals surface area (Å²) in [6.45, 7) is 0. The van der Waals surface area contributed by atoms with Crippen LogP contribution in [0.5, 0.6) is 0 Å². The maximum atomic E-state index is 13.1. The molecule has 0 fully saturated rings. The Bertz CT molecular complexity index is 903. The van der Waals surface area contributed by atoms with Crippen molar-refractivity contribution in [2.75, 3.05) is 7.05 Å². The van der Waals surface area contributed by atoms with Crippen molar-refractivity contribution in [3.8, 4) is 11.1 Å². The number of nitro benzene ring substituents is 1. The fourth-order valence-corrected chi connectivity index (χ4v) is 2.24. The number of alkyl halides is 3. The van der Waals surface area contributed by atoms with Crippen LogP contribution in [0.25, 0.3) is 11.1 Å². The lowest BCUT2D eigenvalue weighted by Crippen LogP contribution is -2.45. The first-order valence-corrected chi connectivity index (χ1v) is 7.78.